The van der Waals surface area contributed by atoms with E-state index < -0.39 is 0 Å². The van der Waals surface area contributed by atoms with Crippen molar-refractivity contribution < 1.29 is 4.79 Å². The Kier molecular flexibility index (Phi) is 7.49. The molecule has 0 spiro atoms. The number of unbranched alkanes of at least 4 members (excludes halogenated alkanes) is 4. The Labute approximate surface area is 130 Å². The van der Waals surface area contributed by atoms with Gasteiger partial charge in [0.2, 0.25) is 5.91 Å². The Morgan fingerprint density at radius 3 is 2.10 bits per heavy atom. The van der Waals surface area contributed by atoms with Gasteiger partial charge in [-0.05, 0) is 44.7 Å². The fourth-order valence-corrected chi connectivity index (χ4v) is 2.40. The number of amides is 1. The standard InChI is InChI=1S/C19H31NO/c1-5-6-7-8-9-10-16-11-13-17(14-12-16)15-18(21)20-19(2,3)4/h11-14H,5-10,15H2,1-4H3,(H,20,21). The highest BCUT2D eigenvalue weighted by atomic mass is 16.1. The SMILES string of the molecule is CCCCCCCc1ccc(CC(=O)NC(C)(C)C)cc1. The molecule has 1 rings (SSSR count). The number of carbonyl (C=O) groups excluding carboxylic acids is 1. The van der Waals surface area contributed by atoms with Gasteiger partial charge in [-0.1, -0.05) is 56.9 Å². The molecule has 118 valence electrons. The van der Waals surface area contributed by atoms with Crippen LogP contribution in [0.15, 0.2) is 24.3 Å². The Morgan fingerprint density at radius 1 is 0.952 bits per heavy atom. The summed E-state index contributed by atoms with van der Waals surface area (Å²) in [4.78, 5) is 11.9. The Morgan fingerprint density at radius 2 is 1.52 bits per heavy atom. The van der Waals surface area contributed by atoms with Gasteiger partial charge < -0.3 is 5.32 Å². The van der Waals surface area contributed by atoms with Crippen molar-refractivity contribution in [1.29, 1.82) is 0 Å². The second-order valence-corrected chi connectivity index (χ2v) is 6.96. The summed E-state index contributed by atoms with van der Waals surface area (Å²) < 4.78 is 0. The number of nitrogens with one attached hydrogen (secondary N) is 1. The summed E-state index contributed by atoms with van der Waals surface area (Å²) in [6.07, 6.45) is 8.20. The third kappa shape index (κ3) is 8.54. The lowest BCUT2D eigenvalue weighted by Crippen LogP contribution is -2.41. The second kappa shape index (κ2) is 8.86. The Hall–Kier alpha value is -1.31. The van der Waals surface area contributed by atoms with Gasteiger partial charge in [-0.25, -0.2) is 0 Å². The Balaban J connectivity index is 2.35. The number of carbonyl (C=O) groups is 1. The summed E-state index contributed by atoms with van der Waals surface area (Å²) in [5, 5.41) is 3.00. The molecule has 0 atom stereocenters. The predicted molar refractivity (Wildman–Crippen MR) is 90.5 cm³/mol. The molecule has 0 saturated heterocycles. The van der Waals surface area contributed by atoms with Gasteiger partial charge in [0.1, 0.15) is 0 Å². The van der Waals surface area contributed by atoms with Gasteiger partial charge >= 0.3 is 0 Å². The molecule has 0 heterocycles. The molecule has 0 unspecified atom stereocenters. The van der Waals surface area contributed by atoms with Crippen LogP contribution in [0.2, 0.25) is 0 Å². The molecule has 0 aromatic heterocycles. The molecule has 0 bridgehead atoms. The van der Waals surface area contributed by atoms with Crippen LogP contribution < -0.4 is 5.32 Å². The second-order valence-electron chi connectivity index (χ2n) is 6.96. The van der Waals surface area contributed by atoms with E-state index in [0.717, 1.165) is 12.0 Å². The third-order valence-corrected chi connectivity index (χ3v) is 3.47. The topological polar surface area (TPSA) is 29.1 Å². The van der Waals surface area contributed by atoms with Crippen LogP contribution in [0.3, 0.4) is 0 Å². The van der Waals surface area contributed by atoms with Crippen molar-refractivity contribution in [3.05, 3.63) is 35.4 Å². The van der Waals surface area contributed by atoms with E-state index in [1.807, 2.05) is 20.8 Å². The number of hydrogen-bond acceptors (Lipinski definition) is 1. The van der Waals surface area contributed by atoms with Gasteiger partial charge in [-0.3, -0.25) is 4.79 Å². The van der Waals surface area contributed by atoms with Crippen LogP contribution in [-0.2, 0) is 17.6 Å². The van der Waals surface area contributed by atoms with Crippen LogP contribution in [-0.4, -0.2) is 11.4 Å². The van der Waals surface area contributed by atoms with Crippen molar-refractivity contribution in [2.24, 2.45) is 0 Å². The molecular weight excluding hydrogens is 258 g/mol. The monoisotopic (exact) mass is 289 g/mol. The van der Waals surface area contributed by atoms with Gasteiger partial charge in [-0.2, -0.15) is 0 Å². The van der Waals surface area contributed by atoms with Crippen molar-refractivity contribution in [1.82, 2.24) is 5.32 Å². The molecule has 0 radical (unpaired) electrons. The summed E-state index contributed by atoms with van der Waals surface area (Å²) in [5.41, 5.74) is 2.31. The summed E-state index contributed by atoms with van der Waals surface area (Å²) in [7, 11) is 0. The van der Waals surface area contributed by atoms with E-state index in [9.17, 15) is 4.79 Å². The summed E-state index contributed by atoms with van der Waals surface area (Å²) in [5.74, 6) is 0.0924. The first-order chi connectivity index (χ1) is 9.90. The first kappa shape index (κ1) is 17.7. The first-order valence-corrected chi connectivity index (χ1v) is 8.29. The molecule has 1 N–H and O–H groups in total. The highest BCUT2D eigenvalue weighted by Crippen LogP contribution is 2.11. The molecule has 0 aliphatic carbocycles. The molecule has 0 fully saturated rings. The lowest BCUT2D eigenvalue weighted by atomic mass is 10.0. The van der Waals surface area contributed by atoms with E-state index in [0.29, 0.717) is 6.42 Å². The molecule has 2 heteroatoms. The lowest BCUT2D eigenvalue weighted by molar-refractivity contribution is -0.121. The predicted octanol–water partition coefficient (Wildman–Crippen LogP) is 4.66. The average molecular weight is 289 g/mol. The molecule has 21 heavy (non-hydrogen) atoms. The van der Waals surface area contributed by atoms with Crippen molar-refractivity contribution in [2.75, 3.05) is 0 Å². The lowest BCUT2D eigenvalue weighted by Gasteiger charge is -2.20. The van der Waals surface area contributed by atoms with Crippen LogP contribution in [0.1, 0.15) is 70.9 Å². The van der Waals surface area contributed by atoms with Crippen molar-refractivity contribution in [2.45, 2.75) is 78.2 Å². The van der Waals surface area contributed by atoms with Gasteiger partial charge in [0, 0.05) is 5.54 Å². The highest BCUT2D eigenvalue weighted by Gasteiger charge is 2.13. The maximum atomic E-state index is 11.9. The van der Waals surface area contributed by atoms with E-state index in [2.05, 4.69) is 36.5 Å². The smallest absolute Gasteiger partial charge is 0.224 e. The van der Waals surface area contributed by atoms with Gasteiger partial charge in [0.05, 0.1) is 6.42 Å². The fraction of sp³-hybridized carbons (Fsp3) is 0.632. The minimum absolute atomic E-state index is 0.0924. The number of aryl methyl sites for hydroxylation is 1. The minimum atomic E-state index is -0.157. The maximum Gasteiger partial charge on any atom is 0.224 e. The highest BCUT2D eigenvalue weighted by molar-refractivity contribution is 5.79. The van der Waals surface area contributed by atoms with Crippen molar-refractivity contribution in [3.63, 3.8) is 0 Å². The van der Waals surface area contributed by atoms with Crippen LogP contribution in [0.25, 0.3) is 0 Å². The van der Waals surface area contributed by atoms with Crippen LogP contribution in [0.4, 0.5) is 0 Å². The van der Waals surface area contributed by atoms with E-state index in [1.165, 1.54) is 37.7 Å². The van der Waals surface area contributed by atoms with Gasteiger partial charge in [-0.15, -0.1) is 0 Å². The minimum Gasteiger partial charge on any atom is -0.351 e. The molecular formula is C19H31NO. The molecule has 1 aromatic rings. The van der Waals surface area contributed by atoms with Crippen LogP contribution >= 0.6 is 0 Å². The van der Waals surface area contributed by atoms with Crippen LogP contribution in [0.5, 0.6) is 0 Å². The molecule has 2 nitrogen and oxygen atoms in total. The van der Waals surface area contributed by atoms with E-state index >= 15 is 0 Å². The number of rotatable bonds is 8. The molecule has 0 aliphatic rings. The molecule has 0 saturated carbocycles. The number of benzene rings is 1. The van der Waals surface area contributed by atoms with Gasteiger partial charge in [0.25, 0.3) is 0 Å². The molecule has 1 amide bonds. The molecule has 0 aliphatic heterocycles. The van der Waals surface area contributed by atoms with E-state index in [-0.39, 0.29) is 11.4 Å². The Bertz CT molecular complexity index is 414. The first-order valence-electron chi connectivity index (χ1n) is 8.29. The third-order valence-electron chi connectivity index (χ3n) is 3.47. The van der Waals surface area contributed by atoms with Crippen LogP contribution in [0, 0.1) is 0 Å². The fourth-order valence-electron chi connectivity index (χ4n) is 2.40. The summed E-state index contributed by atoms with van der Waals surface area (Å²) >= 11 is 0. The zero-order valence-corrected chi connectivity index (χ0v) is 14.2. The zero-order valence-electron chi connectivity index (χ0n) is 14.2. The zero-order chi connectivity index (χ0) is 15.7. The average Bonchev–Trinajstić information content (AvgIpc) is 2.38. The van der Waals surface area contributed by atoms with E-state index in [1.54, 1.807) is 0 Å². The molecule has 1 aromatic carbocycles. The normalized spacial score (nSPS) is 11.4. The summed E-state index contributed by atoms with van der Waals surface area (Å²) in [6.45, 7) is 8.26. The van der Waals surface area contributed by atoms with E-state index in [4.69, 9.17) is 0 Å². The van der Waals surface area contributed by atoms with Gasteiger partial charge in [0.15, 0.2) is 0 Å². The largest absolute Gasteiger partial charge is 0.351 e. The van der Waals surface area contributed by atoms with Crippen molar-refractivity contribution in [3.8, 4) is 0 Å². The van der Waals surface area contributed by atoms with Crippen molar-refractivity contribution >= 4 is 5.91 Å². The number of hydrogen-bond donors (Lipinski definition) is 1. The summed E-state index contributed by atoms with van der Waals surface area (Å²) in [6, 6.07) is 8.51. The quantitative estimate of drug-likeness (QED) is 0.693. The maximum absolute atomic E-state index is 11.9.